The molecular weight excluding hydrogens is 464 g/mol. The standard InChI is InChI=1S/C29H26N6O2/c1-3-25(36)35-17-29(18-35)11-12-34(16-29)24-15-31-28(37-20-7-5-4-6-8-20)27(21(24)13-30)26-19(2)9-10-23-22(26)14-32-33-23/h3-10,14-15H,1,11-12,16-18H2,2H3,(H,32,33). The fourth-order valence-electron chi connectivity index (χ4n) is 5.65. The fourth-order valence-corrected chi connectivity index (χ4v) is 5.65. The second-order valence-electron chi connectivity index (χ2n) is 9.88. The first-order valence-corrected chi connectivity index (χ1v) is 12.3. The van der Waals surface area contributed by atoms with Crippen LogP contribution in [0.1, 0.15) is 17.5 Å². The van der Waals surface area contributed by atoms with E-state index in [-0.39, 0.29) is 11.3 Å². The number of ether oxygens (including phenoxy) is 1. The van der Waals surface area contributed by atoms with Crippen molar-refractivity contribution in [1.82, 2.24) is 20.1 Å². The van der Waals surface area contributed by atoms with Crippen molar-refractivity contribution in [2.24, 2.45) is 5.41 Å². The van der Waals surface area contributed by atoms with Crippen LogP contribution in [0.25, 0.3) is 22.0 Å². The summed E-state index contributed by atoms with van der Waals surface area (Å²) >= 11 is 0. The van der Waals surface area contributed by atoms with Crippen LogP contribution in [0.3, 0.4) is 0 Å². The zero-order valence-corrected chi connectivity index (χ0v) is 20.6. The van der Waals surface area contributed by atoms with E-state index in [1.165, 1.54) is 6.08 Å². The number of hydrogen-bond donors (Lipinski definition) is 1. The van der Waals surface area contributed by atoms with Crippen molar-refractivity contribution in [3.63, 3.8) is 0 Å². The molecule has 0 atom stereocenters. The van der Waals surface area contributed by atoms with Gasteiger partial charge in [0.25, 0.3) is 0 Å². The summed E-state index contributed by atoms with van der Waals surface area (Å²) < 4.78 is 6.27. The van der Waals surface area contributed by atoms with Gasteiger partial charge in [0, 0.05) is 42.5 Å². The van der Waals surface area contributed by atoms with Crippen molar-refractivity contribution in [3.8, 4) is 28.8 Å². The molecule has 1 spiro atoms. The predicted octanol–water partition coefficient (Wildman–Crippen LogP) is 4.82. The number of rotatable bonds is 5. The molecule has 4 heterocycles. The second-order valence-corrected chi connectivity index (χ2v) is 9.88. The van der Waals surface area contributed by atoms with Crippen LogP contribution in [-0.2, 0) is 4.79 Å². The summed E-state index contributed by atoms with van der Waals surface area (Å²) in [4.78, 5) is 20.8. The third-order valence-electron chi connectivity index (χ3n) is 7.49. The van der Waals surface area contributed by atoms with E-state index >= 15 is 0 Å². The normalized spacial score (nSPS) is 16.0. The van der Waals surface area contributed by atoms with Crippen LogP contribution in [0.15, 0.2) is 67.5 Å². The fraction of sp³-hybridized carbons (Fsp3) is 0.241. The molecule has 2 aliphatic rings. The Kier molecular flexibility index (Phi) is 5.41. The maximum Gasteiger partial charge on any atom is 0.245 e. The molecule has 184 valence electrons. The van der Waals surface area contributed by atoms with Crippen molar-refractivity contribution < 1.29 is 9.53 Å². The van der Waals surface area contributed by atoms with Gasteiger partial charge < -0.3 is 14.5 Å². The van der Waals surface area contributed by atoms with Crippen LogP contribution in [0, 0.1) is 23.7 Å². The maximum absolute atomic E-state index is 12.0. The Hall–Kier alpha value is -4.64. The van der Waals surface area contributed by atoms with Gasteiger partial charge in [-0.3, -0.25) is 9.89 Å². The van der Waals surface area contributed by atoms with Gasteiger partial charge in [-0.1, -0.05) is 30.8 Å². The summed E-state index contributed by atoms with van der Waals surface area (Å²) in [5, 5.41) is 18.7. The van der Waals surface area contributed by atoms with E-state index in [9.17, 15) is 10.1 Å². The summed E-state index contributed by atoms with van der Waals surface area (Å²) in [6.45, 7) is 8.59. The monoisotopic (exact) mass is 490 g/mol. The number of amides is 1. The number of likely N-dealkylation sites (tertiary alicyclic amines) is 1. The summed E-state index contributed by atoms with van der Waals surface area (Å²) in [6, 6.07) is 15.9. The summed E-state index contributed by atoms with van der Waals surface area (Å²) in [7, 11) is 0. The number of fused-ring (bicyclic) bond motifs is 1. The number of para-hydroxylation sites is 1. The van der Waals surface area contributed by atoms with Gasteiger partial charge in [0.1, 0.15) is 11.8 Å². The van der Waals surface area contributed by atoms with Crippen molar-refractivity contribution in [2.75, 3.05) is 31.1 Å². The number of carbonyl (C=O) groups excluding carboxylic acids is 1. The van der Waals surface area contributed by atoms with E-state index in [0.29, 0.717) is 35.8 Å². The lowest BCUT2D eigenvalue weighted by Gasteiger charge is -2.47. The van der Waals surface area contributed by atoms with Crippen LogP contribution in [-0.4, -0.2) is 52.2 Å². The second kappa shape index (κ2) is 8.79. The van der Waals surface area contributed by atoms with Crippen molar-refractivity contribution in [2.45, 2.75) is 13.3 Å². The number of carbonyl (C=O) groups is 1. The lowest BCUT2D eigenvalue weighted by atomic mass is 9.79. The Balaban J connectivity index is 1.46. The van der Waals surface area contributed by atoms with Crippen LogP contribution in [0.5, 0.6) is 11.6 Å². The topological polar surface area (TPSA) is 98.1 Å². The zero-order chi connectivity index (χ0) is 25.6. The lowest BCUT2D eigenvalue weighted by Crippen LogP contribution is -2.59. The molecule has 0 bridgehead atoms. The predicted molar refractivity (Wildman–Crippen MR) is 141 cm³/mol. The van der Waals surface area contributed by atoms with Crippen LogP contribution in [0.2, 0.25) is 0 Å². The molecule has 8 heteroatoms. The number of hydrogen-bond acceptors (Lipinski definition) is 6. The van der Waals surface area contributed by atoms with Gasteiger partial charge in [0.15, 0.2) is 0 Å². The van der Waals surface area contributed by atoms with E-state index < -0.39 is 0 Å². The highest BCUT2D eigenvalue weighted by molar-refractivity contribution is 6.00. The van der Waals surface area contributed by atoms with E-state index in [2.05, 4.69) is 27.7 Å². The van der Waals surface area contributed by atoms with Crippen molar-refractivity contribution in [3.05, 3.63) is 78.6 Å². The molecule has 8 nitrogen and oxygen atoms in total. The van der Waals surface area contributed by atoms with E-state index in [1.54, 1.807) is 12.4 Å². The number of benzene rings is 2. The Morgan fingerprint density at radius 3 is 2.73 bits per heavy atom. The van der Waals surface area contributed by atoms with Gasteiger partial charge >= 0.3 is 0 Å². The number of aromatic nitrogens is 3. The number of nitrogens with one attached hydrogen (secondary N) is 1. The summed E-state index contributed by atoms with van der Waals surface area (Å²) in [5.41, 5.74) is 4.75. The SMILES string of the molecule is C=CC(=O)N1CC2(CCN(c3cnc(Oc4ccccc4)c(-c4c(C)ccc5[nH]ncc45)c3C#N)C2)C1. The minimum atomic E-state index is -0.0307. The largest absolute Gasteiger partial charge is 0.438 e. The van der Waals surface area contributed by atoms with Crippen molar-refractivity contribution in [1.29, 1.82) is 5.26 Å². The first kappa shape index (κ1) is 22.8. The molecule has 0 unspecified atom stereocenters. The summed E-state index contributed by atoms with van der Waals surface area (Å²) in [5.74, 6) is 0.993. The first-order valence-electron chi connectivity index (χ1n) is 12.3. The van der Waals surface area contributed by atoms with Gasteiger partial charge in [-0.05, 0) is 43.2 Å². The quantitative estimate of drug-likeness (QED) is 0.403. The number of anilines is 1. The Morgan fingerprint density at radius 2 is 1.97 bits per heavy atom. The van der Waals surface area contributed by atoms with Crippen LogP contribution in [0.4, 0.5) is 5.69 Å². The number of pyridine rings is 1. The molecule has 4 aromatic rings. The maximum atomic E-state index is 12.0. The average Bonchev–Trinajstić information content (AvgIpc) is 3.56. The number of H-pyrrole nitrogens is 1. The van der Waals surface area contributed by atoms with Gasteiger partial charge in [-0.2, -0.15) is 10.4 Å². The first-order chi connectivity index (χ1) is 18.0. The minimum absolute atomic E-state index is 0.0307. The molecule has 2 aliphatic heterocycles. The molecule has 0 aliphatic carbocycles. The third kappa shape index (κ3) is 3.80. The molecule has 2 fully saturated rings. The van der Waals surface area contributed by atoms with Gasteiger partial charge in [0.05, 0.1) is 34.7 Å². The van der Waals surface area contributed by atoms with Crippen LogP contribution >= 0.6 is 0 Å². The van der Waals surface area contributed by atoms with E-state index in [4.69, 9.17) is 9.72 Å². The van der Waals surface area contributed by atoms with Gasteiger partial charge in [-0.15, -0.1) is 0 Å². The molecular formula is C29H26N6O2. The number of nitrogens with zero attached hydrogens (tertiary/aromatic N) is 5. The molecule has 37 heavy (non-hydrogen) atoms. The van der Waals surface area contributed by atoms with Gasteiger partial charge in [0.2, 0.25) is 11.8 Å². The van der Waals surface area contributed by atoms with Crippen LogP contribution < -0.4 is 9.64 Å². The molecule has 2 saturated heterocycles. The van der Waals surface area contributed by atoms with E-state index in [1.807, 2.05) is 54.3 Å². The Labute approximate surface area is 214 Å². The highest BCUT2D eigenvalue weighted by Crippen LogP contribution is 2.46. The molecule has 1 amide bonds. The average molecular weight is 491 g/mol. The number of aromatic amines is 1. The molecule has 0 radical (unpaired) electrons. The smallest absolute Gasteiger partial charge is 0.245 e. The summed E-state index contributed by atoms with van der Waals surface area (Å²) in [6.07, 6.45) is 5.85. The highest BCUT2D eigenvalue weighted by Gasteiger charge is 2.49. The molecule has 2 aromatic heterocycles. The van der Waals surface area contributed by atoms with E-state index in [0.717, 1.165) is 47.2 Å². The Bertz CT molecular complexity index is 1560. The minimum Gasteiger partial charge on any atom is -0.438 e. The van der Waals surface area contributed by atoms with Crippen molar-refractivity contribution >= 4 is 22.5 Å². The van der Waals surface area contributed by atoms with Gasteiger partial charge in [-0.25, -0.2) is 4.98 Å². The Morgan fingerprint density at radius 1 is 1.16 bits per heavy atom. The third-order valence-corrected chi connectivity index (χ3v) is 7.49. The lowest BCUT2D eigenvalue weighted by molar-refractivity contribution is -0.136. The number of aryl methyl sites for hydroxylation is 1. The molecule has 0 saturated carbocycles. The molecule has 2 aromatic carbocycles. The molecule has 6 rings (SSSR count). The molecule has 1 N–H and O–H groups in total. The highest BCUT2D eigenvalue weighted by atomic mass is 16.5. The zero-order valence-electron chi connectivity index (χ0n) is 20.6. The number of nitriles is 1.